The quantitative estimate of drug-likeness (QED) is 0.847. The van der Waals surface area contributed by atoms with Gasteiger partial charge in [0, 0.05) is 42.6 Å². The molecule has 5 nitrogen and oxygen atoms in total. The summed E-state index contributed by atoms with van der Waals surface area (Å²) in [7, 11) is 0. The summed E-state index contributed by atoms with van der Waals surface area (Å²) in [6.45, 7) is 3.24. The van der Waals surface area contributed by atoms with E-state index in [1.807, 2.05) is 36.4 Å². The van der Waals surface area contributed by atoms with E-state index >= 15 is 0 Å². The summed E-state index contributed by atoms with van der Waals surface area (Å²) in [6.07, 6.45) is 2.78. The van der Waals surface area contributed by atoms with Crippen molar-refractivity contribution in [1.82, 2.24) is 0 Å². The van der Waals surface area contributed by atoms with E-state index in [2.05, 4.69) is 10.6 Å². The van der Waals surface area contributed by atoms with Gasteiger partial charge in [0.2, 0.25) is 5.91 Å². The maximum atomic E-state index is 12.8. The minimum Gasteiger partial charge on any atom is -0.385 e. The molecule has 4 rings (SSSR count). The van der Waals surface area contributed by atoms with Crippen molar-refractivity contribution in [2.24, 2.45) is 0 Å². The van der Waals surface area contributed by atoms with Crippen molar-refractivity contribution in [3.8, 4) is 0 Å². The van der Waals surface area contributed by atoms with Gasteiger partial charge >= 0.3 is 0 Å². The number of nitrogens with zero attached hydrogens (tertiary/aromatic N) is 1. The summed E-state index contributed by atoms with van der Waals surface area (Å²) in [5.74, 6) is -0.0270. The van der Waals surface area contributed by atoms with Crippen molar-refractivity contribution in [2.75, 3.05) is 28.6 Å². The molecule has 2 aromatic rings. The Hall–Kier alpha value is -2.53. The molecule has 0 spiro atoms. The lowest BCUT2D eigenvalue weighted by molar-refractivity contribution is -0.116. The third-order valence-electron chi connectivity index (χ3n) is 4.95. The first-order valence-corrected chi connectivity index (χ1v) is 8.71. The van der Waals surface area contributed by atoms with E-state index in [1.54, 1.807) is 11.8 Å². The molecular weight excluding hydrogens is 350 g/mol. The molecule has 2 N–H and O–H groups in total. The number of amides is 2. The standard InChI is InChI=1S/C20H21N3O2.ClH/c1-13(24)23-11-9-14-12-15(7-8-19(14)23)22-20(25)17-4-2-6-18-16(17)5-3-10-21-18;/h2,4,6-8,12,21H,3,5,9-11H2,1H3,(H,22,25);1H. The van der Waals surface area contributed by atoms with Crippen LogP contribution < -0.4 is 15.5 Å². The highest BCUT2D eigenvalue weighted by molar-refractivity contribution is 6.06. The Morgan fingerprint density at radius 3 is 2.81 bits per heavy atom. The molecule has 0 unspecified atom stereocenters. The molecule has 2 heterocycles. The van der Waals surface area contributed by atoms with Crippen LogP contribution in [0.5, 0.6) is 0 Å². The van der Waals surface area contributed by atoms with Gasteiger partial charge in [-0.05, 0) is 60.7 Å². The smallest absolute Gasteiger partial charge is 0.256 e. The van der Waals surface area contributed by atoms with Crippen molar-refractivity contribution in [1.29, 1.82) is 0 Å². The van der Waals surface area contributed by atoms with Crippen LogP contribution in [0.1, 0.15) is 34.8 Å². The molecule has 0 atom stereocenters. The lowest BCUT2D eigenvalue weighted by Crippen LogP contribution is -2.25. The minimum absolute atomic E-state index is 0. The van der Waals surface area contributed by atoms with Crippen molar-refractivity contribution >= 4 is 41.3 Å². The number of anilines is 3. The normalized spacial score (nSPS) is 14.6. The monoisotopic (exact) mass is 371 g/mol. The fourth-order valence-electron chi connectivity index (χ4n) is 3.73. The lowest BCUT2D eigenvalue weighted by atomic mass is 9.97. The predicted octanol–water partition coefficient (Wildman–Crippen LogP) is 3.63. The molecule has 0 radical (unpaired) electrons. The summed E-state index contributed by atoms with van der Waals surface area (Å²) < 4.78 is 0. The van der Waals surface area contributed by atoms with Crippen LogP contribution in [0.3, 0.4) is 0 Å². The fourth-order valence-corrected chi connectivity index (χ4v) is 3.73. The van der Waals surface area contributed by atoms with Gasteiger partial charge in [0.05, 0.1) is 0 Å². The minimum atomic E-state index is -0.0816. The van der Waals surface area contributed by atoms with E-state index < -0.39 is 0 Å². The number of fused-ring (bicyclic) bond motifs is 2. The molecule has 0 fully saturated rings. The number of hydrogen-bond acceptors (Lipinski definition) is 3. The van der Waals surface area contributed by atoms with Gasteiger partial charge in [0.15, 0.2) is 0 Å². The maximum absolute atomic E-state index is 12.8. The van der Waals surface area contributed by atoms with Crippen LogP contribution >= 0.6 is 12.4 Å². The van der Waals surface area contributed by atoms with Gasteiger partial charge in [-0.15, -0.1) is 12.4 Å². The number of benzene rings is 2. The fraction of sp³-hybridized carbons (Fsp3) is 0.300. The number of hydrogen-bond donors (Lipinski definition) is 2. The molecule has 2 amide bonds. The van der Waals surface area contributed by atoms with Crippen molar-refractivity contribution in [3.63, 3.8) is 0 Å². The van der Waals surface area contributed by atoms with E-state index in [9.17, 15) is 9.59 Å². The van der Waals surface area contributed by atoms with E-state index in [1.165, 1.54) is 0 Å². The van der Waals surface area contributed by atoms with Crippen molar-refractivity contribution in [2.45, 2.75) is 26.2 Å². The Morgan fingerprint density at radius 1 is 1.15 bits per heavy atom. The summed E-state index contributed by atoms with van der Waals surface area (Å²) in [4.78, 5) is 26.2. The first-order valence-electron chi connectivity index (χ1n) is 8.71. The van der Waals surface area contributed by atoms with Gasteiger partial charge in [-0.2, -0.15) is 0 Å². The third-order valence-corrected chi connectivity index (χ3v) is 4.95. The first-order chi connectivity index (χ1) is 12.1. The molecule has 0 saturated carbocycles. The first kappa shape index (κ1) is 18.3. The van der Waals surface area contributed by atoms with Crippen LogP contribution in [0.2, 0.25) is 0 Å². The SMILES string of the molecule is CC(=O)N1CCc2cc(NC(=O)c3cccc4c3CCCN4)ccc21.Cl. The molecule has 2 aliphatic rings. The number of carbonyl (C=O) groups is 2. The van der Waals surface area contributed by atoms with Crippen LogP contribution in [0.15, 0.2) is 36.4 Å². The van der Waals surface area contributed by atoms with E-state index in [4.69, 9.17) is 0 Å². The summed E-state index contributed by atoms with van der Waals surface area (Å²) in [5, 5.41) is 6.37. The highest BCUT2D eigenvalue weighted by Gasteiger charge is 2.23. The Kier molecular flexibility index (Phi) is 5.18. The molecule has 0 saturated heterocycles. The summed E-state index contributed by atoms with van der Waals surface area (Å²) >= 11 is 0. The van der Waals surface area contributed by atoms with Gasteiger partial charge in [-0.1, -0.05) is 6.07 Å². The van der Waals surface area contributed by atoms with Crippen molar-refractivity contribution < 1.29 is 9.59 Å². The third kappa shape index (κ3) is 3.27. The Bertz CT molecular complexity index is 866. The van der Waals surface area contributed by atoms with E-state index in [0.29, 0.717) is 6.54 Å². The second kappa shape index (κ2) is 7.38. The topological polar surface area (TPSA) is 61.4 Å². The zero-order chi connectivity index (χ0) is 17.4. The van der Waals surface area contributed by atoms with E-state index in [-0.39, 0.29) is 24.2 Å². The van der Waals surface area contributed by atoms with E-state index in [0.717, 1.165) is 59.6 Å². The van der Waals surface area contributed by atoms with Gasteiger partial charge in [-0.3, -0.25) is 9.59 Å². The zero-order valence-corrected chi connectivity index (χ0v) is 15.5. The average Bonchev–Trinajstić information content (AvgIpc) is 3.04. The van der Waals surface area contributed by atoms with Crippen molar-refractivity contribution in [3.05, 3.63) is 53.1 Å². The molecular formula is C20H22ClN3O2. The molecule has 136 valence electrons. The molecule has 6 heteroatoms. The molecule has 2 aliphatic heterocycles. The number of nitrogens with one attached hydrogen (secondary N) is 2. The number of carbonyl (C=O) groups excluding carboxylic acids is 2. The largest absolute Gasteiger partial charge is 0.385 e. The second-order valence-electron chi connectivity index (χ2n) is 6.58. The van der Waals surface area contributed by atoms with Crippen LogP contribution in [-0.2, 0) is 17.6 Å². The highest BCUT2D eigenvalue weighted by atomic mass is 35.5. The lowest BCUT2D eigenvalue weighted by Gasteiger charge is -2.20. The molecule has 2 aromatic carbocycles. The predicted molar refractivity (Wildman–Crippen MR) is 107 cm³/mol. The highest BCUT2D eigenvalue weighted by Crippen LogP contribution is 2.31. The van der Waals surface area contributed by atoms with Crippen LogP contribution in [-0.4, -0.2) is 24.9 Å². The summed E-state index contributed by atoms with van der Waals surface area (Å²) in [6, 6.07) is 11.6. The summed E-state index contributed by atoms with van der Waals surface area (Å²) in [5.41, 5.74) is 5.71. The van der Waals surface area contributed by atoms with Gasteiger partial charge < -0.3 is 15.5 Å². The van der Waals surface area contributed by atoms with Crippen LogP contribution in [0.4, 0.5) is 17.1 Å². The Labute approximate surface area is 159 Å². The van der Waals surface area contributed by atoms with Gasteiger partial charge in [0.25, 0.3) is 5.91 Å². The zero-order valence-electron chi connectivity index (χ0n) is 14.7. The molecule has 0 aromatic heterocycles. The molecule has 0 bridgehead atoms. The Morgan fingerprint density at radius 2 is 2.00 bits per heavy atom. The second-order valence-corrected chi connectivity index (χ2v) is 6.58. The molecule has 26 heavy (non-hydrogen) atoms. The van der Waals surface area contributed by atoms with Gasteiger partial charge in [0.1, 0.15) is 0 Å². The molecule has 0 aliphatic carbocycles. The Balaban J connectivity index is 0.00000196. The van der Waals surface area contributed by atoms with Crippen LogP contribution in [0.25, 0.3) is 0 Å². The van der Waals surface area contributed by atoms with Crippen LogP contribution in [0, 0.1) is 0 Å². The van der Waals surface area contributed by atoms with Gasteiger partial charge in [-0.25, -0.2) is 0 Å². The average molecular weight is 372 g/mol. The number of halogens is 1. The maximum Gasteiger partial charge on any atom is 0.256 e. The number of rotatable bonds is 2.